The van der Waals surface area contributed by atoms with E-state index in [0.717, 1.165) is 39.7 Å². The molecule has 132 valence electrons. The highest BCUT2D eigenvalue weighted by Crippen LogP contribution is 2.38. The first kappa shape index (κ1) is 17.0. The predicted octanol–water partition coefficient (Wildman–Crippen LogP) is 2.94. The minimum Gasteiger partial charge on any atom is -0.506 e. The summed E-state index contributed by atoms with van der Waals surface area (Å²) in [5, 5.41) is 16.5. The van der Waals surface area contributed by atoms with Crippen molar-refractivity contribution < 1.29 is 9.84 Å². The molecule has 6 heteroatoms. The molecule has 0 saturated heterocycles. The van der Waals surface area contributed by atoms with Gasteiger partial charge in [0.15, 0.2) is 0 Å². The molecule has 0 saturated carbocycles. The largest absolute Gasteiger partial charge is 0.506 e. The SMILES string of the molecule is Cc1cc(OC2=CCNc3cc(O)c(N(C)C)cc32)ccc1NCN. The summed E-state index contributed by atoms with van der Waals surface area (Å²) in [5.74, 6) is 1.78. The lowest BCUT2D eigenvalue weighted by molar-refractivity contribution is 0.475. The van der Waals surface area contributed by atoms with Gasteiger partial charge in [-0.3, -0.25) is 0 Å². The normalized spacial score (nSPS) is 12.7. The van der Waals surface area contributed by atoms with Crippen LogP contribution in [0.15, 0.2) is 36.4 Å². The minimum absolute atomic E-state index is 0.241. The molecule has 25 heavy (non-hydrogen) atoms. The lowest BCUT2D eigenvalue weighted by atomic mass is 10.1. The zero-order valence-electron chi connectivity index (χ0n) is 14.8. The molecule has 1 aliphatic heterocycles. The fraction of sp³-hybridized carbons (Fsp3) is 0.263. The monoisotopic (exact) mass is 340 g/mol. The summed E-state index contributed by atoms with van der Waals surface area (Å²) in [4.78, 5) is 1.87. The number of nitrogens with two attached hydrogens (primary N) is 1. The van der Waals surface area contributed by atoms with Gasteiger partial charge in [0.2, 0.25) is 0 Å². The summed E-state index contributed by atoms with van der Waals surface area (Å²) in [6.07, 6.45) is 2.00. The van der Waals surface area contributed by atoms with Gasteiger partial charge in [0.1, 0.15) is 17.3 Å². The molecule has 5 N–H and O–H groups in total. The molecule has 0 unspecified atom stereocenters. The van der Waals surface area contributed by atoms with Gasteiger partial charge in [-0.05, 0) is 42.8 Å². The highest BCUT2D eigenvalue weighted by Gasteiger charge is 2.18. The maximum absolute atomic E-state index is 10.2. The zero-order valence-corrected chi connectivity index (χ0v) is 14.8. The maximum Gasteiger partial charge on any atom is 0.140 e. The zero-order chi connectivity index (χ0) is 18.0. The third kappa shape index (κ3) is 3.49. The van der Waals surface area contributed by atoms with Crippen LogP contribution in [-0.4, -0.2) is 32.4 Å². The summed E-state index contributed by atoms with van der Waals surface area (Å²) in [7, 11) is 3.79. The minimum atomic E-state index is 0.241. The van der Waals surface area contributed by atoms with E-state index in [9.17, 15) is 5.11 Å². The number of phenolic OH excluding ortho intramolecular Hbond substituents is 1. The van der Waals surface area contributed by atoms with Gasteiger partial charge in [0, 0.05) is 43.6 Å². The van der Waals surface area contributed by atoms with E-state index in [-0.39, 0.29) is 5.75 Å². The lowest BCUT2D eigenvalue weighted by Gasteiger charge is -2.23. The maximum atomic E-state index is 10.2. The third-order valence-electron chi connectivity index (χ3n) is 4.16. The van der Waals surface area contributed by atoms with E-state index in [1.54, 1.807) is 6.07 Å². The number of hydrogen-bond donors (Lipinski definition) is 4. The fourth-order valence-corrected chi connectivity index (χ4v) is 2.88. The molecule has 1 aliphatic rings. The molecular formula is C19H24N4O2. The second kappa shape index (κ2) is 6.94. The Labute approximate surface area is 147 Å². The number of anilines is 3. The Bertz CT molecular complexity index is 815. The van der Waals surface area contributed by atoms with Gasteiger partial charge in [0.05, 0.1) is 12.4 Å². The Kier molecular flexibility index (Phi) is 4.72. The van der Waals surface area contributed by atoms with Crippen LogP contribution in [0.3, 0.4) is 0 Å². The molecular weight excluding hydrogens is 316 g/mol. The highest BCUT2D eigenvalue weighted by atomic mass is 16.5. The Hall–Kier alpha value is -2.86. The molecule has 0 atom stereocenters. The number of nitrogens with zero attached hydrogens (tertiary/aromatic N) is 1. The predicted molar refractivity (Wildman–Crippen MR) is 103 cm³/mol. The smallest absolute Gasteiger partial charge is 0.140 e. The van der Waals surface area contributed by atoms with Gasteiger partial charge in [0.25, 0.3) is 0 Å². The third-order valence-corrected chi connectivity index (χ3v) is 4.16. The summed E-state index contributed by atoms with van der Waals surface area (Å²) in [6, 6.07) is 9.52. The molecule has 0 bridgehead atoms. The Morgan fingerprint density at radius 2 is 2.08 bits per heavy atom. The second-order valence-electron chi connectivity index (χ2n) is 6.19. The van der Waals surface area contributed by atoms with E-state index >= 15 is 0 Å². The van der Waals surface area contributed by atoms with Crippen molar-refractivity contribution in [1.29, 1.82) is 0 Å². The fourth-order valence-electron chi connectivity index (χ4n) is 2.88. The number of phenols is 1. The van der Waals surface area contributed by atoms with E-state index in [1.165, 1.54) is 0 Å². The molecule has 3 rings (SSSR count). The first-order valence-electron chi connectivity index (χ1n) is 8.20. The van der Waals surface area contributed by atoms with Crippen LogP contribution in [0.5, 0.6) is 11.5 Å². The summed E-state index contributed by atoms with van der Waals surface area (Å²) >= 11 is 0. The van der Waals surface area contributed by atoms with E-state index in [1.807, 2.05) is 56.3 Å². The number of aromatic hydroxyl groups is 1. The van der Waals surface area contributed by atoms with Gasteiger partial charge in [-0.25, -0.2) is 0 Å². The summed E-state index contributed by atoms with van der Waals surface area (Å²) in [6.45, 7) is 3.05. The van der Waals surface area contributed by atoms with E-state index in [4.69, 9.17) is 10.5 Å². The van der Waals surface area contributed by atoms with Crippen LogP contribution in [-0.2, 0) is 0 Å². The first-order chi connectivity index (χ1) is 12.0. The number of ether oxygens (including phenoxy) is 1. The van der Waals surface area contributed by atoms with Gasteiger partial charge >= 0.3 is 0 Å². The molecule has 0 spiro atoms. The molecule has 0 aromatic heterocycles. The average Bonchev–Trinajstić information content (AvgIpc) is 2.57. The van der Waals surface area contributed by atoms with E-state index in [2.05, 4.69) is 10.6 Å². The van der Waals surface area contributed by atoms with E-state index in [0.29, 0.717) is 13.2 Å². The number of rotatable bonds is 5. The van der Waals surface area contributed by atoms with Crippen molar-refractivity contribution in [2.24, 2.45) is 5.73 Å². The molecule has 0 radical (unpaired) electrons. The molecule has 2 aromatic rings. The quantitative estimate of drug-likeness (QED) is 0.627. The molecule has 0 aliphatic carbocycles. The van der Waals surface area contributed by atoms with Crippen LogP contribution in [0.2, 0.25) is 0 Å². The number of benzene rings is 2. The molecule has 1 heterocycles. The van der Waals surface area contributed by atoms with Crippen molar-refractivity contribution in [2.45, 2.75) is 6.92 Å². The van der Waals surface area contributed by atoms with Crippen LogP contribution in [0.1, 0.15) is 11.1 Å². The van der Waals surface area contributed by atoms with Crippen molar-refractivity contribution in [3.05, 3.63) is 47.5 Å². The average molecular weight is 340 g/mol. The van der Waals surface area contributed by atoms with Crippen molar-refractivity contribution in [2.75, 3.05) is 42.8 Å². The molecule has 2 aromatic carbocycles. The molecule has 0 fully saturated rings. The van der Waals surface area contributed by atoms with Crippen LogP contribution in [0, 0.1) is 6.92 Å². The Morgan fingerprint density at radius 1 is 1.28 bits per heavy atom. The Balaban J connectivity index is 1.91. The number of fused-ring (bicyclic) bond motifs is 1. The standard InChI is InChI=1S/C19H24N4O2/c1-12-8-13(4-5-15(12)22-11-20)25-19-6-7-21-16-10-18(24)17(23(2)3)9-14(16)19/h4-6,8-10,21-22,24H,7,11,20H2,1-3H3. The van der Waals surface area contributed by atoms with Crippen molar-refractivity contribution in [3.8, 4) is 11.5 Å². The summed E-state index contributed by atoms with van der Waals surface area (Å²) < 4.78 is 6.13. The van der Waals surface area contributed by atoms with Gasteiger partial charge in [-0.2, -0.15) is 0 Å². The topological polar surface area (TPSA) is 82.8 Å². The number of hydrogen-bond acceptors (Lipinski definition) is 6. The van der Waals surface area contributed by atoms with Crippen LogP contribution in [0.4, 0.5) is 17.1 Å². The van der Waals surface area contributed by atoms with Crippen molar-refractivity contribution in [1.82, 2.24) is 0 Å². The second-order valence-corrected chi connectivity index (χ2v) is 6.19. The van der Waals surface area contributed by atoms with Gasteiger partial charge in [-0.1, -0.05) is 0 Å². The van der Waals surface area contributed by atoms with Gasteiger partial charge in [-0.15, -0.1) is 0 Å². The van der Waals surface area contributed by atoms with Crippen LogP contribution in [0.25, 0.3) is 5.76 Å². The number of aryl methyl sites for hydroxylation is 1. The lowest BCUT2D eigenvalue weighted by Crippen LogP contribution is -2.14. The van der Waals surface area contributed by atoms with Crippen molar-refractivity contribution >= 4 is 22.8 Å². The Morgan fingerprint density at radius 3 is 2.76 bits per heavy atom. The molecule has 6 nitrogen and oxygen atoms in total. The first-order valence-corrected chi connectivity index (χ1v) is 8.20. The van der Waals surface area contributed by atoms with E-state index < -0.39 is 0 Å². The summed E-state index contributed by atoms with van der Waals surface area (Å²) in [5.41, 5.74) is 10.1. The number of nitrogens with one attached hydrogen (secondary N) is 2. The van der Waals surface area contributed by atoms with Gasteiger partial charge < -0.3 is 31.1 Å². The van der Waals surface area contributed by atoms with Crippen molar-refractivity contribution in [3.63, 3.8) is 0 Å². The van der Waals surface area contributed by atoms with Crippen LogP contribution >= 0.6 is 0 Å². The highest BCUT2D eigenvalue weighted by molar-refractivity contribution is 5.82. The van der Waals surface area contributed by atoms with Crippen LogP contribution < -0.4 is 26.0 Å². The molecule has 0 amide bonds.